The van der Waals surface area contributed by atoms with Crippen molar-refractivity contribution in [1.82, 2.24) is 15.5 Å². The highest BCUT2D eigenvalue weighted by atomic mass is 32.1. The Morgan fingerprint density at radius 2 is 2.30 bits per heavy atom. The van der Waals surface area contributed by atoms with Crippen LogP contribution >= 0.6 is 11.3 Å². The maximum atomic E-state index is 11.4. The Hall–Kier alpha value is -1.73. The van der Waals surface area contributed by atoms with E-state index in [1.54, 1.807) is 11.8 Å². The molecule has 2 rings (SSSR count). The molecule has 1 N–H and O–H groups in total. The second kappa shape index (κ2) is 6.62. The zero-order valence-corrected chi connectivity index (χ0v) is 12.7. The molecular weight excluding hydrogens is 276 g/mol. The molecule has 0 spiro atoms. The molecule has 0 fully saturated rings. The van der Waals surface area contributed by atoms with Crippen molar-refractivity contribution in [3.8, 4) is 0 Å². The number of nitrogens with one attached hydrogen (secondary N) is 1. The van der Waals surface area contributed by atoms with Crippen LogP contribution in [0.1, 0.15) is 31.0 Å². The molecule has 1 amide bonds. The van der Waals surface area contributed by atoms with Gasteiger partial charge in [0, 0.05) is 31.5 Å². The number of aryl methyl sites for hydroxylation is 1. The molecular formula is C13H18N4O2S. The Kier molecular flexibility index (Phi) is 4.86. The van der Waals surface area contributed by atoms with Crippen LogP contribution < -0.4 is 10.2 Å². The minimum Gasteiger partial charge on any atom is -0.360 e. The third-order valence-electron chi connectivity index (χ3n) is 2.75. The lowest BCUT2D eigenvalue weighted by Gasteiger charge is -2.14. The van der Waals surface area contributed by atoms with E-state index in [1.807, 2.05) is 25.3 Å². The number of hydrogen-bond acceptors (Lipinski definition) is 6. The Morgan fingerprint density at radius 3 is 2.90 bits per heavy atom. The molecule has 0 aliphatic carbocycles. The van der Waals surface area contributed by atoms with Crippen molar-refractivity contribution >= 4 is 22.4 Å². The summed E-state index contributed by atoms with van der Waals surface area (Å²) in [6.45, 7) is 7.25. The van der Waals surface area contributed by atoms with Crippen LogP contribution in [-0.2, 0) is 17.9 Å². The Morgan fingerprint density at radius 1 is 1.50 bits per heavy atom. The van der Waals surface area contributed by atoms with Crippen LogP contribution in [0, 0.1) is 6.92 Å². The van der Waals surface area contributed by atoms with Gasteiger partial charge in [0.1, 0.15) is 0 Å². The second-order valence-electron chi connectivity index (χ2n) is 4.42. The molecule has 2 heterocycles. The Balaban J connectivity index is 1.88. The first-order valence-electron chi connectivity index (χ1n) is 6.45. The quantitative estimate of drug-likeness (QED) is 0.883. The topological polar surface area (TPSA) is 71.3 Å². The largest absolute Gasteiger partial charge is 0.360 e. The number of aromatic nitrogens is 2. The summed E-state index contributed by atoms with van der Waals surface area (Å²) in [4.78, 5) is 17.6. The first-order valence-corrected chi connectivity index (χ1v) is 7.33. The van der Waals surface area contributed by atoms with E-state index in [4.69, 9.17) is 4.52 Å². The fourth-order valence-electron chi connectivity index (χ4n) is 1.81. The molecule has 0 radical (unpaired) electrons. The SMILES string of the molecule is CCN(C(C)=O)c1nc(CNCc2cc(C)no2)cs1. The third-order valence-corrected chi connectivity index (χ3v) is 3.66. The highest BCUT2D eigenvalue weighted by Crippen LogP contribution is 2.20. The summed E-state index contributed by atoms with van der Waals surface area (Å²) in [7, 11) is 0. The molecule has 0 saturated carbocycles. The molecule has 2 aromatic heterocycles. The molecule has 7 heteroatoms. The highest BCUT2D eigenvalue weighted by Gasteiger charge is 2.13. The fraction of sp³-hybridized carbons (Fsp3) is 0.462. The van der Waals surface area contributed by atoms with Gasteiger partial charge in [-0.3, -0.25) is 9.69 Å². The van der Waals surface area contributed by atoms with Crippen LogP contribution in [0.2, 0.25) is 0 Å². The zero-order chi connectivity index (χ0) is 14.5. The lowest BCUT2D eigenvalue weighted by molar-refractivity contribution is -0.116. The maximum absolute atomic E-state index is 11.4. The van der Waals surface area contributed by atoms with Crippen LogP contribution in [-0.4, -0.2) is 22.6 Å². The molecule has 0 aromatic carbocycles. The summed E-state index contributed by atoms with van der Waals surface area (Å²) >= 11 is 1.48. The number of thiazole rings is 1. The number of carbonyl (C=O) groups excluding carboxylic acids is 1. The normalized spacial score (nSPS) is 10.8. The summed E-state index contributed by atoms with van der Waals surface area (Å²) in [6.07, 6.45) is 0. The summed E-state index contributed by atoms with van der Waals surface area (Å²) in [6, 6.07) is 1.90. The van der Waals surface area contributed by atoms with Crippen molar-refractivity contribution in [3.05, 3.63) is 28.6 Å². The number of amides is 1. The summed E-state index contributed by atoms with van der Waals surface area (Å²) in [5.41, 5.74) is 1.79. The number of nitrogens with zero attached hydrogens (tertiary/aromatic N) is 3. The summed E-state index contributed by atoms with van der Waals surface area (Å²) < 4.78 is 5.11. The van der Waals surface area contributed by atoms with Gasteiger partial charge in [-0.2, -0.15) is 0 Å². The van der Waals surface area contributed by atoms with Gasteiger partial charge in [0.25, 0.3) is 0 Å². The van der Waals surface area contributed by atoms with Crippen molar-refractivity contribution < 1.29 is 9.32 Å². The van der Waals surface area contributed by atoms with Crippen LogP contribution in [0.3, 0.4) is 0 Å². The van der Waals surface area contributed by atoms with E-state index in [0.717, 1.165) is 22.3 Å². The van der Waals surface area contributed by atoms with Crippen LogP contribution in [0.4, 0.5) is 5.13 Å². The van der Waals surface area contributed by atoms with Gasteiger partial charge in [-0.15, -0.1) is 11.3 Å². The molecule has 0 unspecified atom stereocenters. The predicted octanol–water partition coefficient (Wildman–Crippen LogP) is 2.10. The van der Waals surface area contributed by atoms with Crippen molar-refractivity contribution in [2.24, 2.45) is 0 Å². The maximum Gasteiger partial charge on any atom is 0.225 e. The average Bonchev–Trinajstić information content (AvgIpc) is 3.00. The van der Waals surface area contributed by atoms with Crippen molar-refractivity contribution in [2.75, 3.05) is 11.4 Å². The van der Waals surface area contributed by atoms with E-state index < -0.39 is 0 Å². The summed E-state index contributed by atoms with van der Waals surface area (Å²) in [5.74, 6) is 0.815. The molecule has 2 aromatic rings. The molecule has 0 aliphatic rings. The van der Waals surface area contributed by atoms with Gasteiger partial charge in [0.15, 0.2) is 10.9 Å². The van der Waals surface area contributed by atoms with Gasteiger partial charge in [0.2, 0.25) is 5.91 Å². The van der Waals surface area contributed by atoms with E-state index in [0.29, 0.717) is 19.6 Å². The number of carbonyl (C=O) groups is 1. The van der Waals surface area contributed by atoms with E-state index in [2.05, 4.69) is 15.5 Å². The zero-order valence-electron chi connectivity index (χ0n) is 11.8. The molecule has 108 valence electrons. The van der Waals surface area contributed by atoms with Gasteiger partial charge in [-0.05, 0) is 13.8 Å². The van der Waals surface area contributed by atoms with Crippen molar-refractivity contribution in [3.63, 3.8) is 0 Å². The number of anilines is 1. The van der Waals surface area contributed by atoms with E-state index >= 15 is 0 Å². The van der Waals surface area contributed by atoms with Gasteiger partial charge in [0.05, 0.1) is 17.9 Å². The Bertz CT molecular complexity index is 578. The second-order valence-corrected chi connectivity index (χ2v) is 5.26. The lowest BCUT2D eigenvalue weighted by Crippen LogP contribution is -2.27. The van der Waals surface area contributed by atoms with Crippen molar-refractivity contribution in [2.45, 2.75) is 33.9 Å². The fourth-order valence-corrected chi connectivity index (χ4v) is 2.74. The molecule has 0 bridgehead atoms. The van der Waals surface area contributed by atoms with Crippen LogP contribution in [0.15, 0.2) is 16.0 Å². The van der Waals surface area contributed by atoms with E-state index in [1.165, 1.54) is 11.3 Å². The number of hydrogen-bond donors (Lipinski definition) is 1. The van der Waals surface area contributed by atoms with Gasteiger partial charge in [-0.1, -0.05) is 5.16 Å². The lowest BCUT2D eigenvalue weighted by atomic mass is 10.4. The minimum atomic E-state index is 0.0125. The standard InChI is InChI=1S/C13H18N4O2S/c1-4-17(10(3)18)13-15-11(8-20-13)6-14-7-12-5-9(2)16-19-12/h5,8,14H,4,6-7H2,1-3H3. The van der Waals surface area contributed by atoms with E-state index in [-0.39, 0.29) is 5.91 Å². The first kappa shape index (κ1) is 14.7. The minimum absolute atomic E-state index is 0.0125. The molecule has 0 saturated heterocycles. The van der Waals surface area contributed by atoms with Gasteiger partial charge in [-0.25, -0.2) is 4.98 Å². The predicted molar refractivity (Wildman–Crippen MR) is 77.6 cm³/mol. The van der Waals surface area contributed by atoms with Crippen molar-refractivity contribution in [1.29, 1.82) is 0 Å². The van der Waals surface area contributed by atoms with Crippen LogP contribution in [0.5, 0.6) is 0 Å². The first-order chi connectivity index (χ1) is 9.60. The number of rotatable bonds is 6. The molecule has 0 atom stereocenters. The Labute approximate surface area is 121 Å². The van der Waals surface area contributed by atoms with E-state index in [9.17, 15) is 4.79 Å². The third kappa shape index (κ3) is 3.64. The smallest absolute Gasteiger partial charge is 0.225 e. The highest BCUT2D eigenvalue weighted by molar-refractivity contribution is 7.14. The van der Waals surface area contributed by atoms with Crippen LogP contribution in [0.25, 0.3) is 0 Å². The molecule has 0 aliphatic heterocycles. The average molecular weight is 294 g/mol. The monoisotopic (exact) mass is 294 g/mol. The molecule has 20 heavy (non-hydrogen) atoms. The van der Waals surface area contributed by atoms with Gasteiger partial charge >= 0.3 is 0 Å². The molecule has 6 nitrogen and oxygen atoms in total. The van der Waals surface area contributed by atoms with Gasteiger partial charge < -0.3 is 9.84 Å². The summed E-state index contributed by atoms with van der Waals surface area (Å²) in [5, 5.41) is 9.77.